The molecule has 6 nitrogen and oxygen atoms in total. The molecule has 0 bridgehead atoms. The molecule has 2 unspecified atom stereocenters. The van der Waals surface area contributed by atoms with Crippen molar-refractivity contribution < 1.29 is 24.2 Å². The first-order valence-corrected chi connectivity index (χ1v) is 16.3. The Bertz CT molecular complexity index is 556. The van der Waals surface area contributed by atoms with Crippen molar-refractivity contribution in [3.8, 4) is 0 Å². The monoisotopic (exact) mass is 539 g/mol. The van der Waals surface area contributed by atoms with Crippen LogP contribution in [0.25, 0.3) is 0 Å². The Balaban J connectivity index is 1.70. The van der Waals surface area contributed by atoms with Gasteiger partial charge in [0.15, 0.2) is 0 Å². The molecule has 0 aliphatic carbocycles. The van der Waals surface area contributed by atoms with E-state index in [1.165, 1.54) is 128 Å². The molecular weight excluding hydrogens is 478 g/mol. The van der Waals surface area contributed by atoms with Gasteiger partial charge in [0.25, 0.3) is 0 Å². The fourth-order valence-corrected chi connectivity index (χ4v) is 5.15. The Kier molecular flexibility index (Phi) is 24.0. The molecule has 0 spiro atoms. The van der Waals surface area contributed by atoms with E-state index in [9.17, 15) is 14.7 Å². The van der Waals surface area contributed by atoms with Crippen molar-refractivity contribution in [3.05, 3.63) is 0 Å². The SMILES string of the molecule is CCCCCCCCCCCCCCCCCCCCCCCCOCC(O)COC(=O)C1CCC(=O)N1. The standard InChI is InChI=1S/C32H61NO5/c1-2-3-4-5-6-7-8-9-10-11-12-13-14-15-16-17-18-19-20-21-22-23-26-37-27-29(34)28-38-32(36)30-24-25-31(35)33-30/h29-30,34H,2-28H2,1H3,(H,33,35). The van der Waals surface area contributed by atoms with Gasteiger partial charge in [-0.15, -0.1) is 0 Å². The van der Waals surface area contributed by atoms with Gasteiger partial charge in [-0.2, -0.15) is 0 Å². The van der Waals surface area contributed by atoms with Crippen LogP contribution in [0.15, 0.2) is 0 Å². The van der Waals surface area contributed by atoms with Gasteiger partial charge < -0.3 is 19.9 Å². The Labute approximate surface area is 234 Å². The van der Waals surface area contributed by atoms with E-state index in [4.69, 9.17) is 9.47 Å². The van der Waals surface area contributed by atoms with Crippen molar-refractivity contribution in [2.75, 3.05) is 19.8 Å². The average molecular weight is 540 g/mol. The molecule has 1 heterocycles. The maximum absolute atomic E-state index is 11.8. The Hall–Kier alpha value is -1.14. The molecule has 1 amide bonds. The molecule has 38 heavy (non-hydrogen) atoms. The van der Waals surface area contributed by atoms with Gasteiger partial charge in [-0.25, -0.2) is 4.79 Å². The molecule has 2 atom stereocenters. The number of aliphatic hydroxyl groups is 1. The normalized spacial score (nSPS) is 16.1. The third-order valence-corrected chi connectivity index (χ3v) is 7.65. The zero-order chi connectivity index (χ0) is 27.5. The van der Waals surface area contributed by atoms with Crippen molar-refractivity contribution in [1.82, 2.24) is 5.32 Å². The number of carbonyl (C=O) groups is 2. The van der Waals surface area contributed by atoms with Crippen LogP contribution in [0.5, 0.6) is 0 Å². The van der Waals surface area contributed by atoms with Crippen LogP contribution in [0.4, 0.5) is 0 Å². The first kappa shape index (κ1) is 34.9. The van der Waals surface area contributed by atoms with E-state index in [1.54, 1.807) is 0 Å². The number of unbranched alkanes of at least 4 members (excludes halogenated alkanes) is 21. The summed E-state index contributed by atoms with van der Waals surface area (Å²) in [6.07, 6.45) is 30.3. The van der Waals surface area contributed by atoms with Gasteiger partial charge >= 0.3 is 5.97 Å². The van der Waals surface area contributed by atoms with E-state index < -0.39 is 18.1 Å². The second-order valence-electron chi connectivity index (χ2n) is 11.4. The molecule has 1 saturated heterocycles. The van der Waals surface area contributed by atoms with Crippen LogP contribution in [0.1, 0.15) is 161 Å². The predicted octanol–water partition coefficient (Wildman–Crippen LogP) is 7.79. The van der Waals surface area contributed by atoms with Gasteiger partial charge in [-0.05, 0) is 12.8 Å². The molecule has 1 fully saturated rings. The second-order valence-corrected chi connectivity index (χ2v) is 11.4. The van der Waals surface area contributed by atoms with Gasteiger partial charge in [0.05, 0.1) is 6.61 Å². The molecule has 1 aliphatic rings. The lowest BCUT2D eigenvalue weighted by atomic mass is 10.0. The molecule has 224 valence electrons. The highest BCUT2D eigenvalue weighted by atomic mass is 16.5. The van der Waals surface area contributed by atoms with Crippen LogP contribution in [0, 0.1) is 0 Å². The van der Waals surface area contributed by atoms with E-state index in [0.29, 0.717) is 19.4 Å². The molecule has 0 aromatic rings. The summed E-state index contributed by atoms with van der Waals surface area (Å²) in [6.45, 7) is 2.99. The van der Waals surface area contributed by atoms with Crippen molar-refractivity contribution >= 4 is 11.9 Å². The number of nitrogens with one attached hydrogen (secondary N) is 1. The topological polar surface area (TPSA) is 84.9 Å². The highest BCUT2D eigenvalue weighted by Gasteiger charge is 2.28. The summed E-state index contributed by atoms with van der Waals surface area (Å²) in [4.78, 5) is 22.9. The van der Waals surface area contributed by atoms with E-state index in [0.717, 1.165) is 12.8 Å². The molecule has 0 radical (unpaired) electrons. The fourth-order valence-electron chi connectivity index (χ4n) is 5.15. The van der Waals surface area contributed by atoms with Gasteiger partial charge in [-0.1, -0.05) is 142 Å². The van der Waals surface area contributed by atoms with Crippen LogP contribution < -0.4 is 5.32 Å². The largest absolute Gasteiger partial charge is 0.461 e. The molecule has 1 aliphatic heterocycles. The first-order chi connectivity index (χ1) is 18.6. The number of amides is 1. The summed E-state index contributed by atoms with van der Waals surface area (Å²) in [5, 5.41) is 12.4. The van der Waals surface area contributed by atoms with Gasteiger partial charge in [0.2, 0.25) is 5.91 Å². The summed E-state index contributed by atoms with van der Waals surface area (Å²) in [6, 6.07) is -0.570. The quantitative estimate of drug-likeness (QED) is 0.0783. The van der Waals surface area contributed by atoms with Crippen LogP contribution in [0.3, 0.4) is 0 Å². The number of aliphatic hydroxyl groups excluding tert-OH is 1. The lowest BCUT2D eigenvalue weighted by molar-refractivity contribution is -0.150. The lowest BCUT2D eigenvalue weighted by Gasteiger charge is -2.14. The highest BCUT2D eigenvalue weighted by molar-refractivity contribution is 5.88. The Morgan fingerprint density at radius 3 is 1.55 bits per heavy atom. The maximum atomic E-state index is 11.8. The number of ether oxygens (including phenoxy) is 2. The third kappa shape index (κ3) is 21.8. The van der Waals surface area contributed by atoms with Crippen molar-refractivity contribution in [2.24, 2.45) is 0 Å². The summed E-state index contributed by atoms with van der Waals surface area (Å²) >= 11 is 0. The number of esters is 1. The predicted molar refractivity (Wildman–Crippen MR) is 156 cm³/mol. The average Bonchev–Trinajstić information content (AvgIpc) is 3.36. The third-order valence-electron chi connectivity index (χ3n) is 7.65. The Morgan fingerprint density at radius 2 is 1.16 bits per heavy atom. The van der Waals surface area contributed by atoms with Gasteiger partial charge in [0, 0.05) is 13.0 Å². The van der Waals surface area contributed by atoms with Gasteiger partial charge in [-0.3, -0.25) is 4.79 Å². The lowest BCUT2D eigenvalue weighted by Crippen LogP contribution is -2.36. The van der Waals surface area contributed by atoms with Crippen molar-refractivity contribution in [1.29, 1.82) is 0 Å². The van der Waals surface area contributed by atoms with Crippen LogP contribution in [-0.4, -0.2) is 48.9 Å². The van der Waals surface area contributed by atoms with Gasteiger partial charge in [0.1, 0.15) is 18.8 Å². The zero-order valence-corrected chi connectivity index (χ0v) is 24.8. The van der Waals surface area contributed by atoms with E-state index >= 15 is 0 Å². The molecule has 0 aromatic heterocycles. The second kappa shape index (κ2) is 26.1. The maximum Gasteiger partial charge on any atom is 0.328 e. The summed E-state index contributed by atoms with van der Waals surface area (Å²) < 4.78 is 10.6. The minimum Gasteiger partial charge on any atom is -0.461 e. The van der Waals surface area contributed by atoms with E-state index in [2.05, 4.69) is 12.2 Å². The minimum absolute atomic E-state index is 0.0927. The molecule has 0 saturated carbocycles. The molecule has 6 heteroatoms. The van der Waals surface area contributed by atoms with Crippen LogP contribution in [0.2, 0.25) is 0 Å². The van der Waals surface area contributed by atoms with E-state index in [-0.39, 0.29) is 19.1 Å². The highest BCUT2D eigenvalue weighted by Crippen LogP contribution is 2.15. The molecule has 0 aromatic carbocycles. The van der Waals surface area contributed by atoms with Crippen molar-refractivity contribution in [2.45, 2.75) is 173 Å². The zero-order valence-electron chi connectivity index (χ0n) is 24.8. The van der Waals surface area contributed by atoms with Crippen LogP contribution in [-0.2, 0) is 19.1 Å². The molecule has 1 rings (SSSR count). The summed E-state index contributed by atoms with van der Waals surface area (Å²) in [7, 11) is 0. The van der Waals surface area contributed by atoms with Crippen molar-refractivity contribution in [3.63, 3.8) is 0 Å². The fraction of sp³-hybridized carbons (Fsp3) is 0.938. The number of carbonyl (C=O) groups excluding carboxylic acids is 2. The van der Waals surface area contributed by atoms with E-state index in [1.807, 2.05) is 0 Å². The number of hydrogen-bond donors (Lipinski definition) is 2. The Morgan fingerprint density at radius 1 is 0.737 bits per heavy atom. The molecular formula is C32H61NO5. The molecule has 2 N–H and O–H groups in total. The number of hydrogen-bond acceptors (Lipinski definition) is 5. The summed E-state index contributed by atoms with van der Waals surface area (Å²) in [5.41, 5.74) is 0. The number of rotatable bonds is 28. The first-order valence-electron chi connectivity index (χ1n) is 16.3. The smallest absolute Gasteiger partial charge is 0.328 e. The minimum atomic E-state index is -0.823. The van der Waals surface area contributed by atoms with Crippen LogP contribution >= 0.6 is 0 Å². The summed E-state index contributed by atoms with van der Waals surface area (Å²) in [5.74, 6) is -0.606.